The minimum atomic E-state index is -3.47. The topological polar surface area (TPSA) is 91.1 Å². The zero-order chi connectivity index (χ0) is 15.7. The Balaban J connectivity index is 2.90. The lowest BCUT2D eigenvalue weighted by atomic mass is 10.1. The molecule has 0 radical (unpaired) electrons. The van der Waals surface area contributed by atoms with Crippen LogP contribution in [0.25, 0.3) is 0 Å². The third kappa shape index (κ3) is 5.95. The van der Waals surface area contributed by atoms with E-state index in [1.807, 2.05) is 13.0 Å². The highest BCUT2D eigenvalue weighted by atomic mass is 32.2. The Bertz CT molecular complexity index is 595. The molecule has 1 aromatic carbocycles. The Morgan fingerprint density at radius 2 is 1.90 bits per heavy atom. The fourth-order valence-electron chi connectivity index (χ4n) is 1.70. The quantitative estimate of drug-likeness (QED) is 0.334. The molecule has 0 spiro atoms. The van der Waals surface area contributed by atoms with Gasteiger partial charge in [-0.1, -0.05) is 55.3 Å². The molecule has 6 nitrogen and oxygen atoms in total. The normalized spacial score (nSPS) is 13.2. The third-order valence-electron chi connectivity index (χ3n) is 2.85. The lowest BCUT2D eigenvalue weighted by Gasteiger charge is -2.07. The first-order chi connectivity index (χ1) is 10.00. The number of benzene rings is 1. The first kappa shape index (κ1) is 17.2. The predicted octanol–water partition coefficient (Wildman–Crippen LogP) is 2.35. The Morgan fingerprint density at radius 1 is 1.24 bits per heavy atom. The number of rotatable bonds is 8. The van der Waals surface area contributed by atoms with Gasteiger partial charge in [0.25, 0.3) is 0 Å². The van der Waals surface area contributed by atoms with Crippen molar-refractivity contribution in [2.24, 2.45) is 10.3 Å². The van der Waals surface area contributed by atoms with Crippen LogP contribution >= 0.6 is 0 Å². The average molecular weight is 311 g/mol. The van der Waals surface area contributed by atoms with Crippen molar-refractivity contribution in [2.45, 2.75) is 33.1 Å². The van der Waals surface area contributed by atoms with Crippen LogP contribution in [0.5, 0.6) is 0 Å². The molecule has 1 rings (SSSR count). The van der Waals surface area contributed by atoms with Crippen molar-refractivity contribution in [3.8, 4) is 0 Å². The van der Waals surface area contributed by atoms with Crippen molar-refractivity contribution in [2.75, 3.05) is 5.75 Å². The fourth-order valence-corrected chi connectivity index (χ4v) is 2.61. The third-order valence-corrected chi connectivity index (χ3v) is 4.05. The van der Waals surface area contributed by atoms with Gasteiger partial charge in [0.15, 0.2) is 0 Å². The van der Waals surface area contributed by atoms with Crippen LogP contribution in [-0.4, -0.2) is 30.8 Å². The number of hydrogen-bond donors (Lipinski definition) is 2. The van der Waals surface area contributed by atoms with Gasteiger partial charge in [-0.25, -0.2) is 13.2 Å². The summed E-state index contributed by atoms with van der Waals surface area (Å²) in [5, 5.41) is 15.9. The summed E-state index contributed by atoms with van der Waals surface area (Å²) in [7, 11) is -3.47. The summed E-state index contributed by atoms with van der Waals surface area (Å²) in [4.78, 5) is 2.20. The number of hydrazone groups is 1. The number of nitrogens with zero attached hydrogens (tertiary/aromatic N) is 2. The van der Waals surface area contributed by atoms with Gasteiger partial charge in [0.05, 0.1) is 5.75 Å². The van der Waals surface area contributed by atoms with Gasteiger partial charge in [-0.15, -0.1) is 0 Å². The number of unbranched alkanes of at least 4 members (excludes halogenated alkanes) is 2. The van der Waals surface area contributed by atoms with Gasteiger partial charge >= 0.3 is 0 Å². The van der Waals surface area contributed by atoms with Gasteiger partial charge in [0.1, 0.15) is 11.4 Å². The molecule has 21 heavy (non-hydrogen) atoms. The molecule has 0 aliphatic rings. The van der Waals surface area contributed by atoms with Crippen molar-refractivity contribution >= 4 is 21.4 Å². The van der Waals surface area contributed by atoms with Gasteiger partial charge < -0.3 is 5.21 Å². The average Bonchev–Trinajstić information content (AvgIpc) is 2.48. The SMILES string of the molecule is CCCCCS(=O)(=O)N/N=C(/C(C)=N\O)c1ccccc1. The standard InChI is InChI=1S/C14H21N3O3S/c1-3-4-8-11-21(19,20)17-15-14(12(2)16-18)13-9-6-5-7-10-13/h5-7,9-10,17-18H,3-4,8,11H2,1-2H3/b15-14-,16-12-. The van der Waals surface area contributed by atoms with E-state index in [-0.39, 0.29) is 17.2 Å². The van der Waals surface area contributed by atoms with E-state index in [2.05, 4.69) is 15.1 Å². The summed E-state index contributed by atoms with van der Waals surface area (Å²) in [6.45, 7) is 3.56. The second-order valence-electron chi connectivity index (χ2n) is 4.63. The van der Waals surface area contributed by atoms with Crippen LogP contribution in [0.15, 0.2) is 40.6 Å². The van der Waals surface area contributed by atoms with Crippen LogP contribution in [0.1, 0.15) is 38.7 Å². The minimum Gasteiger partial charge on any atom is -0.411 e. The fraction of sp³-hybridized carbons (Fsp3) is 0.429. The van der Waals surface area contributed by atoms with Crippen molar-refractivity contribution in [1.29, 1.82) is 0 Å². The van der Waals surface area contributed by atoms with Crippen LogP contribution < -0.4 is 4.83 Å². The maximum absolute atomic E-state index is 11.8. The molecule has 0 aliphatic heterocycles. The molecule has 0 aromatic heterocycles. The molecule has 0 bridgehead atoms. The zero-order valence-corrected chi connectivity index (χ0v) is 13.1. The summed E-state index contributed by atoms with van der Waals surface area (Å²) in [6, 6.07) is 8.95. The smallest absolute Gasteiger partial charge is 0.247 e. The van der Waals surface area contributed by atoms with Crippen molar-refractivity contribution in [3.63, 3.8) is 0 Å². The molecule has 0 unspecified atom stereocenters. The summed E-state index contributed by atoms with van der Waals surface area (Å²) in [5.41, 5.74) is 1.19. The molecule has 7 heteroatoms. The summed E-state index contributed by atoms with van der Waals surface area (Å²) in [5.74, 6) is 0.0295. The summed E-state index contributed by atoms with van der Waals surface area (Å²) in [6.07, 6.45) is 2.40. The van der Waals surface area contributed by atoms with Crippen molar-refractivity contribution in [3.05, 3.63) is 35.9 Å². The number of oxime groups is 1. The second-order valence-corrected chi connectivity index (χ2v) is 6.45. The Kier molecular flexibility index (Phi) is 6.87. The first-order valence-corrected chi connectivity index (χ1v) is 8.47. The maximum Gasteiger partial charge on any atom is 0.247 e. The van der Waals surface area contributed by atoms with Gasteiger partial charge in [0, 0.05) is 5.56 Å². The molecule has 0 saturated carbocycles. The Hall–Kier alpha value is -1.89. The van der Waals surface area contributed by atoms with Gasteiger partial charge in [-0.2, -0.15) is 5.10 Å². The molecular weight excluding hydrogens is 290 g/mol. The number of sulfonamides is 1. The van der Waals surface area contributed by atoms with E-state index in [4.69, 9.17) is 5.21 Å². The predicted molar refractivity (Wildman–Crippen MR) is 84.3 cm³/mol. The molecule has 0 saturated heterocycles. The Morgan fingerprint density at radius 3 is 2.48 bits per heavy atom. The molecule has 0 aliphatic carbocycles. The van der Waals surface area contributed by atoms with E-state index in [9.17, 15) is 8.42 Å². The largest absolute Gasteiger partial charge is 0.411 e. The van der Waals surface area contributed by atoms with E-state index in [1.54, 1.807) is 31.2 Å². The van der Waals surface area contributed by atoms with Crippen molar-refractivity contribution in [1.82, 2.24) is 4.83 Å². The van der Waals surface area contributed by atoms with E-state index in [0.29, 0.717) is 12.0 Å². The molecule has 0 heterocycles. The molecule has 2 N–H and O–H groups in total. The van der Waals surface area contributed by atoms with Gasteiger partial charge in [-0.3, -0.25) is 0 Å². The maximum atomic E-state index is 11.8. The van der Waals surface area contributed by atoms with E-state index in [0.717, 1.165) is 12.8 Å². The minimum absolute atomic E-state index is 0.0295. The van der Waals surface area contributed by atoms with Crippen LogP contribution in [0.2, 0.25) is 0 Å². The monoisotopic (exact) mass is 311 g/mol. The highest BCUT2D eigenvalue weighted by Gasteiger charge is 2.12. The highest BCUT2D eigenvalue weighted by Crippen LogP contribution is 2.04. The Labute approximate surface area is 125 Å². The molecule has 0 fully saturated rings. The number of hydrogen-bond acceptors (Lipinski definition) is 5. The van der Waals surface area contributed by atoms with Crippen LogP contribution in [0.4, 0.5) is 0 Å². The zero-order valence-electron chi connectivity index (χ0n) is 12.3. The van der Waals surface area contributed by atoms with Crippen LogP contribution in [0, 0.1) is 0 Å². The number of nitrogens with one attached hydrogen (secondary N) is 1. The van der Waals surface area contributed by atoms with Crippen LogP contribution in [-0.2, 0) is 10.0 Å². The molecular formula is C14H21N3O3S. The van der Waals surface area contributed by atoms with Gasteiger partial charge in [0.2, 0.25) is 10.0 Å². The highest BCUT2D eigenvalue weighted by molar-refractivity contribution is 7.89. The molecule has 0 amide bonds. The van der Waals surface area contributed by atoms with Crippen molar-refractivity contribution < 1.29 is 13.6 Å². The van der Waals surface area contributed by atoms with E-state index < -0.39 is 10.0 Å². The first-order valence-electron chi connectivity index (χ1n) is 6.81. The summed E-state index contributed by atoms with van der Waals surface area (Å²) < 4.78 is 23.7. The molecule has 0 atom stereocenters. The van der Waals surface area contributed by atoms with E-state index >= 15 is 0 Å². The lowest BCUT2D eigenvalue weighted by Crippen LogP contribution is -2.25. The lowest BCUT2D eigenvalue weighted by molar-refractivity contribution is 0.320. The van der Waals surface area contributed by atoms with Crippen LogP contribution in [0.3, 0.4) is 0 Å². The van der Waals surface area contributed by atoms with Gasteiger partial charge in [-0.05, 0) is 13.3 Å². The molecule has 116 valence electrons. The summed E-state index contributed by atoms with van der Waals surface area (Å²) >= 11 is 0. The molecule has 1 aromatic rings. The van der Waals surface area contributed by atoms with E-state index in [1.165, 1.54) is 0 Å². The second kappa shape index (κ2) is 8.41.